The van der Waals surface area contributed by atoms with Crippen LogP contribution in [0.2, 0.25) is 5.02 Å². The smallest absolute Gasteiger partial charge is 0.340 e. The van der Waals surface area contributed by atoms with Crippen molar-refractivity contribution in [3.8, 4) is 0 Å². The lowest BCUT2D eigenvalue weighted by molar-refractivity contribution is -0.133. The van der Waals surface area contributed by atoms with Crippen LogP contribution in [-0.2, 0) is 14.3 Å². The lowest BCUT2D eigenvalue weighted by atomic mass is 10.2. The number of benzene rings is 1. The largest absolute Gasteiger partial charge is 0.481 e. The molecule has 8 heteroatoms. The maximum absolute atomic E-state index is 11.6. The highest BCUT2D eigenvalue weighted by Gasteiger charge is 2.14. The minimum atomic E-state index is -0.996. The predicted octanol–water partition coefficient (Wildman–Crippen LogP) is 1.88. The standard InChI is InChI=1S/C12H12ClNO5S/c1-19-12(18)8-4-7(13)2-3-9(8)14-10(15)5-20-6-11(16)17/h2-4H,5-6H2,1H3,(H,14,15)(H,16,17). The van der Waals surface area contributed by atoms with Crippen molar-refractivity contribution in [3.05, 3.63) is 28.8 Å². The van der Waals surface area contributed by atoms with E-state index in [1.54, 1.807) is 0 Å². The van der Waals surface area contributed by atoms with E-state index in [0.29, 0.717) is 5.02 Å². The highest BCUT2D eigenvalue weighted by molar-refractivity contribution is 8.00. The van der Waals surface area contributed by atoms with Crippen LogP contribution in [-0.4, -0.2) is 41.6 Å². The van der Waals surface area contributed by atoms with Crippen LogP contribution >= 0.6 is 23.4 Å². The first kappa shape index (κ1) is 16.3. The summed E-state index contributed by atoms with van der Waals surface area (Å²) in [6.07, 6.45) is 0. The number of nitrogens with one attached hydrogen (secondary N) is 1. The van der Waals surface area contributed by atoms with Crippen LogP contribution in [0.15, 0.2) is 18.2 Å². The first-order valence-electron chi connectivity index (χ1n) is 5.41. The van der Waals surface area contributed by atoms with Crippen LogP contribution < -0.4 is 5.32 Å². The van der Waals surface area contributed by atoms with Crippen molar-refractivity contribution in [2.75, 3.05) is 23.9 Å². The number of ether oxygens (including phenoxy) is 1. The molecule has 0 unspecified atom stereocenters. The average molecular weight is 318 g/mol. The Morgan fingerprint density at radius 2 is 2.05 bits per heavy atom. The summed E-state index contributed by atoms with van der Waals surface area (Å²) >= 11 is 6.74. The third-order valence-corrected chi connectivity index (χ3v) is 3.27. The second-order valence-electron chi connectivity index (χ2n) is 3.62. The van der Waals surface area contributed by atoms with Crippen LogP contribution in [0.5, 0.6) is 0 Å². The number of aliphatic carboxylic acids is 1. The zero-order valence-corrected chi connectivity index (χ0v) is 12.1. The van der Waals surface area contributed by atoms with Crippen molar-refractivity contribution in [2.24, 2.45) is 0 Å². The van der Waals surface area contributed by atoms with Gasteiger partial charge in [-0.2, -0.15) is 0 Å². The van der Waals surface area contributed by atoms with Gasteiger partial charge >= 0.3 is 11.9 Å². The summed E-state index contributed by atoms with van der Waals surface area (Å²) < 4.78 is 4.59. The number of carbonyl (C=O) groups excluding carboxylic acids is 2. The van der Waals surface area contributed by atoms with Crippen molar-refractivity contribution in [1.82, 2.24) is 0 Å². The Hall–Kier alpha value is -1.73. The van der Waals surface area contributed by atoms with Crippen LogP contribution in [0.25, 0.3) is 0 Å². The first-order valence-corrected chi connectivity index (χ1v) is 6.94. The summed E-state index contributed by atoms with van der Waals surface area (Å²) in [6.45, 7) is 0. The molecule has 0 aromatic heterocycles. The van der Waals surface area contributed by atoms with Gasteiger partial charge in [0.15, 0.2) is 0 Å². The molecular weight excluding hydrogens is 306 g/mol. The lowest BCUT2D eigenvalue weighted by Gasteiger charge is -2.09. The predicted molar refractivity (Wildman–Crippen MR) is 76.4 cm³/mol. The van der Waals surface area contributed by atoms with Crippen LogP contribution in [0, 0.1) is 0 Å². The quantitative estimate of drug-likeness (QED) is 0.778. The first-order chi connectivity index (χ1) is 9.43. The van der Waals surface area contributed by atoms with Crippen LogP contribution in [0.3, 0.4) is 0 Å². The van der Waals surface area contributed by atoms with Crippen molar-refractivity contribution in [2.45, 2.75) is 0 Å². The van der Waals surface area contributed by atoms with Gasteiger partial charge in [-0.3, -0.25) is 9.59 Å². The molecule has 0 aliphatic rings. The van der Waals surface area contributed by atoms with Crippen molar-refractivity contribution < 1.29 is 24.2 Å². The van der Waals surface area contributed by atoms with E-state index in [1.807, 2.05) is 0 Å². The molecule has 1 rings (SSSR count). The highest BCUT2D eigenvalue weighted by atomic mass is 35.5. The SMILES string of the molecule is COC(=O)c1cc(Cl)ccc1NC(=O)CSCC(=O)O. The van der Waals surface area contributed by atoms with E-state index in [2.05, 4.69) is 10.1 Å². The Labute approximate surface area is 124 Å². The Morgan fingerprint density at radius 3 is 2.65 bits per heavy atom. The summed E-state index contributed by atoms with van der Waals surface area (Å²) in [5, 5.41) is 11.3. The number of esters is 1. The molecular formula is C12H12ClNO5S. The van der Waals surface area contributed by atoms with Gasteiger partial charge in [0, 0.05) is 5.02 Å². The molecule has 0 atom stereocenters. The van der Waals surface area contributed by atoms with Crippen molar-refractivity contribution in [1.29, 1.82) is 0 Å². The van der Waals surface area contributed by atoms with E-state index >= 15 is 0 Å². The topological polar surface area (TPSA) is 92.7 Å². The molecule has 1 aromatic carbocycles. The molecule has 0 spiro atoms. The number of anilines is 1. The monoisotopic (exact) mass is 317 g/mol. The Morgan fingerprint density at radius 1 is 1.35 bits per heavy atom. The molecule has 0 bridgehead atoms. The number of hydrogen-bond donors (Lipinski definition) is 2. The normalized spacial score (nSPS) is 9.90. The van der Waals surface area contributed by atoms with Gasteiger partial charge in [-0.15, -0.1) is 11.8 Å². The molecule has 1 aromatic rings. The molecule has 2 N–H and O–H groups in total. The second kappa shape index (κ2) is 7.76. The molecule has 0 radical (unpaired) electrons. The minimum Gasteiger partial charge on any atom is -0.481 e. The minimum absolute atomic E-state index is 0.0322. The van der Waals surface area contributed by atoms with Gasteiger partial charge < -0.3 is 15.2 Å². The average Bonchev–Trinajstić information content (AvgIpc) is 2.39. The van der Waals surface area contributed by atoms with Gasteiger partial charge in [-0.1, -0.05) is 11.6 Å². The third-order valence-electron chi connectivity index (χ3n) is 2.12. The molecule has 20 heavy (non-hydrogen) atoms. The molecule has 108 valence electrons. The fourth-order valence-electron chi connectivity index (χ4n) is 1.32. The maximum Gasteiger partial charge on any atom is 0.340 e. The van der Waals surface area contributed by atoms with E-state index in [4.69, 9.17) is 16.7 Å². The molecule has 1 amide bonds. The number of thioether (sulfide) groups is 1. The number of rotatable bonds is 6. The van der Waals surface area contributed by atoms with Crippen LogP contribution in [0.4, 0.5) is 5.69 Å². The Balaban J connectivity index is 2.74. The highest BCUT2D eigenvalue weighted by Crippen LogP contribution is 2.21. The number of carboxylic acids is 1. The molecule has 0 heterocycles. The molecule has 0 fully saturated rings. The van der Waals surface area contributed by atoms with Crippen molar-refractivity contribution in [3.63, 3.8) is 0 Å². The summed E-state index contributed by atoms with van der Waals surface area (Å²) in [7, 11) is 1.22. The second-order valence-corrected chi connectivity index (χ2v) is 5.04. The van der Waals surface area contributed by atoms with E-state index in [9.17, 15) is 14.4 Å². The maximum atomic E-state index is 11.6. The van der Waals surface area contributed by atoms with E-state index in [0.717, 1.165) is 11.8 Å². The zero-order valence-electron chi connectivity index (χ0n) is 10.5. The molecule has 0 saturated carbocycles. The van der Waals surface area contributed by atoms with Gasteiger partial charge in [0.1, 0.15) is 0 Å². The molecule has 6 nitrogen and oxygen atoms in total. The Kier molecular flexibility index (Phi) is 6.33. The van der Waals surface area contributed by atoms with Gasteiger partial charge in [-0.25, -0.2) is 4.79 Å². The molecule has 0 saturated heterocycles. The fraction of sp³-hybridized carbons (Fsp3) is 0.250. The summed E-state index contributed by atoms with van der Waals surface area (Å²) in [6, 6.07) is 4.38. The van der Waals surface area contributed by atoms with E-state index < -0.39 is 17.8 Å². The summed E-state index contributed by atoms with van der Waals surface area (Å²) in [5.74, 6) is -2.23. The van der Waals surface area contributed by atoms with Gasteiger partial charge in [0.2, 0.25) is 5.91 Å². The van der Waals surface area contributed by atoms with Gasteiger partial charge in [0.05, 0.1) is 29.9 Å². The lowest BCUT2D eigenvalue weighted by Crippen LogP contribution is -2.18. The third kappa shape index (κ3) is 5.10. The zero-order chi connectivity index (χ0) is 15.1. The fourth-order valence-corrected chi connectivity index (χ4v) is 2.03. The van der Waals surface area contributed by atoms with Crippen LogP contribution in [0.1, 0.15) is 10.4 Å². The number of amides is 1. The Bertz CT molecular complexity index is 535. The van der Waals surface area contributed by atoms with Crippen molar-refractivity contribution >= 4 is 46.9 Å². The van der Waals surface area contributed by atoms with Gasteiger partial charge in [-0.05, 0) is 18.2 Å². The number of carboxylic acid groups (broad SMARTS) is 1. The van der Waals surface area contributed by atoms with E-state index in [1.165, 1.54) is 25.3 Å². The van der Waals surface area contributed by atoms with E-state index in [-0.39, 0.29) is 22.8 Å². The summed E-state index contributed by atoms with van der Waals surface area (Å²) in [4.78, 5) is 33.5. The number of halogens is 1. The number of hydrogen-bond acceptors (Lipinski definition) is 5. The molecule has 0 aliphatic carbocycles. The summed E-state index contributed by atoms with van der Waals surface area (Å²) in [5.41, 5.74) is 0.402. The number of carbonyl (C=O) groups is 3. The van der Waals surface area contributed by atoms with Gasteiger partial charge in [0.25, 0.3) is 0 Å². The molecule has 0 aliphatic heterocycles. The number of methoxy groups -OCH3 is 1.